The van der Waals surface area contributed by atoms with Crippen molar-refractivity contribution >= 4 is 34.5 Å². The molecule has 0 aliphatic carbocycles. The molecule has 0 bridgehead atoms. The van der Waals surface area contributed by atoms with E-state index in [0.717, 1.165) is 28.5 Å². The van der Waals surface area contributed by atoms with Crippen molar-refractivity contribution in [2.24, 2.45) is 11.7 Å². The van der Waals surface area contributed by atoms with Gasteiger partial charge in [-0.15, -0.1) is 0 Å². The largest absolute Gasteiger partial charge is 0.361 e. The fraction of sp³-hybridized carbons (Fsp3) is 0.438. The molecule has 1 fully saturated rings. The maximum absolute atomic E-state index is 13.6. The summed E-state index contributed by atoms with van der Waals surface area (Å²) in [6.45, 7) is 2.32. The van der Waals surface area contributed by atoms with Crippen molar-refractivity contribution in [3.63, 3.8) is 0 Å². The molecule has 0 unspecified atom stereocenters. The molecule has 7 N–H and O–H groups in total. The van der Waals surface area contributed by atoms with Gasteiger partial charge in [-0.05, 0) is 55.8 Å². The minimum Gasteiger partial charge on any atom is -0.361 e. The van der Waals surface area contributed by atoms with Crippen LogP contribution in [0.5, 0.6) is 0 Å². The van der Waals surface area contributed by atoms with E-state index in [9.17, 15) is 19.2 Å². The summed E-state index contributed by atoms with van der Waals surface area (Å²) in [7, 11) is 0. The summed E-state index contributed by atoms with van der Waals surface area (Å²) in [5.41, 5.74) is 8.60. The number of carbonyl (C=O) groups is 4. The van der Waals surface area contributed by atoms with Gasteiger partial charge in [0.15, 0.2) is 0 Å². The van der Waals surface area contributed by atoms with Crippen LogP contribution in [0.3, 0.4) is 0 Å². The molecular weight excluding hydrogens is 532 g/mol. The number of hydrogen-bond acceptors (Lipinski definition) is 5. The molecule has 10 nitrogen and oxygen atoms in total. The van der Waals surface area contributed by atoms with Gasteiger partial charge in [0.05, 0.1) is 5.92 Å². The van der Waals surface area contributed by atoms with Crippen molar-refractivity contribution in [2.75, 3.05) is 13.1 Å². The smallest absolute Gasteiger partial charge is 0.242 e. The molecule has 0 spiro atoms. The van der Waals surface area contributed by atoms with Crippen LogP contribution in [0.1, 0.15) is 50.2 Å². The lowest BCUT2D eigenvalue weighted by Crippen LogP contribution is -2.52. The van der Waals surface area contributed by atoms with Gasteiger partial charge >= 0.3 is 0 Å². The third-order valence-corrected chi connectivity index (χ3v) is 7.67. The first-order valence-corrected chi connectivity index (χ1v) is 14.8. The summed E-state index contributed by atoms with van der Waals surface area (Å²) in [5, 5.41) is 12.8. The van der Waals surface area contributed by atoms with Crippen LogP contribution in [0.4, 0.5) is 0 Å². The number of hydrogen-bond donors (Lipinski definition) is 6. The van der Waals surface area contributed by atoms with Crippen LogP contribution in [0, 0.1) is 5.92 Å². The number of para-hydroxylation sites is 1. The van der Waals surface area contributed by atoms with Gasteiger partial charge in [-0.25, -0.2) is 0 Å². The van der Waals surface area contributed by atoms with Crippen molar-refractivity contribution in [2.45, 2.75) is 70.0 Å². The normalized spacial score (nSPS) is 22.8. The van der Waals surface area contributed by atoms with Crippen LogP contribution < -0.4 is 27.0 Å². The standard InChI is InChI=1S/C32H42N6O4/c1-21-19-35-29(39)17-24(15-22-9-3-2-4-10-22)36-30(40)18-25(16-23-20-34-27-12-6-5-11-26(23)27)37-32(42)28(38-31(21)41)13-7-8-14-33/h2-6,9-12,20-21,24-25,28,34H,7-8,13-19,33H2,1H3,(H,35,39)(H,36,40)(H,37,42)(H,38,41)/t21-,24+,25+,28+/m1/s1. The van der Waals surface area contributed by atoms with Crippen molar-refractivity contribution in [1.82, 2.24) is 26.3 Å². The van der Waals surface area contributed by atoms with E-state index in [1.54, 1.807) is 6.92 Å². The Hall–Kier alpha value is -4.18. The van der Waals surface area contributed by atoms with Crippen LogP contribution in [-0.4, -0.2) is 59.8 Å². The molecule has 10 heteroatoms. The molecule has 0 saturated carbocycles. The number of H-pyrrole nitrogens is 1. The summed E-state index contributed by atoms with van der Waals surface area (Å²) in [6, 6.07) is 15.7. The number of nitrogens with one attached hydrogen (secondary N) is 5. The number of aromatic nitrogens is 1. The molecule has 4 atom stereocenters. The molecule has 1 aromatic heterocycles. The number of amides is 4. The lowest BCUT2D eigenvalue weighted by Gasteiger charge is -2.25. The summed E-state index contributed by atoms with van der Waals surface area (Å²) in [6.07, 6.45) is 4.65. The van der Waals surface area contributed by atoms with Crippen LogP contribution >= 0.6 is 0 Å². The quantitative estimate of drug-likeness (QED) is 0.227. The molecule has 0 radical (unpaired) electrons. The van der Waals surface area contributed by atoms with E-state index in [-0.39, 0.29) is 43.0 Å². The van der Waals surface area contributed by atoms with Gasteiger partial charge < -0.3 is 32.0 Å². The van der Waals surface area contributed by atoms with Crippen LogP contribution in [-0.2, 0) is 32.0 Å². The molecule has 224 valence electrons. The molecule has 1 aliphatic heterocycles. The van der Waals surface area contributed by atoms with Crippen LogP contribution in [0.25, 0.3) is 10.9 Å². The first-order chi connectivity index (χ1) is 20.3. The Morgan fingerprint density at radius 3 is 2.29 bits per heavy atom. The Labute approximate surface area is 246 Å². The van der Waals surface area contributed by atoms with Crippen LogP contribution in [0.2, 0.25) is 0 Å². The predicted octanol–water partition coefficient (Wildman–Crippen LogP) is 2.08. The molecule has 2 heterocycles. The van der Waals surface area contributed by atoms with Crippen LogP contribution in [0.15, 0.2) is 60.8 Å². The second-order valence-corrected chi connectivity index (χ2v) is 11.2. The van der Waals surface area contributed by atoms with E-state index in [1.165, 1.54) is 0 Å². The fourth-order valence-electron chi connectivity index (χ4n) is 5.36. The number of fused-ring (bicyclic) bond motifs is 1. The molecule has 4 rings (SSSR count). The van der Waals surface area contributed by atoms with Gasteiger partial charge in [-0.3, -0.25) is 19.2 Å². The minimum absolute atomic E-state index is 0.0119. The third-order valence-electron chi connectivity index (χ3n) is 7.67. The second kappa shape index (κ2) is 15.2. The molecule has 3 aromatic rings. The average Bonchev–Trinajstić information content (AvgIpc) is 3.37. The van der Waals surface area contributed by atoms with Gasteiger partial charge in [0.2, 0.25) is 23.6 Å². The van der Waals surface area contributed by atoms with Gasteiger partial charge in [-0.1, -0.05) is 55.5 Å². The molecule has 1 aliphatic rings. The maximum atomic E-state index is 13.6. The fourth-order valence-corrected chi connectivity index (χ4v) is 5.36. The number of rotatable bonds is 8. The highest BCUT2D eigenvalue weighted by Crippen LogP contribution is 2.20. The predicted molar refractivity (Wildman–Crippen MR) is 162 cm³/mol. The van der Waals surface area contributed by atoms with E-state index < -0.39 is 24.0 Å². The number of carbonyl (C=O) groups excluding carboxylic acids is 4. The first kappa shape index (κ1) is 30.8. The highest BCUT2D eigenvalue weighted by atomic mass is 16.2. The number of unbranched alkanes of at least 4 members (excludes halogenated alkanes) is 1. The van der Waals surface area contributed by atoms with E-state index in [0.29, 0.717) is 32.2 Å². The Balaban J connectivity index is 1.61. The van der Waals surface area contributed by atoms with Gasteiger partial charge in [0.25, 0.3) is 0 Å². The summed E-state index contributed by atoms with van der Waals surface area (Å²) < 4.78 is 0. The zero-order valence-electron chi connectivity index (χ0n) is 24.2. The van der Waals surface area contributed by atoms with Gasteiger partial charge in [-0.2, -0.15) is 0 Å². The molecular formula is C32H42N6O4. The Morgan fingerprint density at radius 2 is 1.50 bits per heavy atom. The lowest BCUT2D eigenvalue weighted by atomic mass is 9.99. The van der Waals surface area contributed by atoms with Crippen molar-refractivity contribution in [3.05, 3.63) is 71.9 Å². The van der Waals surface area contributed by atoms with E-state index in [2.05, 4.69) is 26.3 Å². The van der Waals surface area contributed by atoms with E-state index >= 15 is 0 Å². The SMILES string of the molecule is C[C@@H]1CNC(=O)C[C@H](Cc2ccccc2)NC(=O)C[C@H](Cc2c[nH]c3ccccc23)NC(=O)[C@H](CCCCN)NC1=O. The van der Waals surface area contributed by atoms with E-state index in [1.807, 2.05) is 60.8 Å². The topological polar surface area (TPSA) is 158 Å². The molecule has 4 amide bonds. The monoisotopic (exact) mass is 574 g/mol. The number of aromatic amines is 1. The number of benzene rings is 2. The zero-order chi connectivity index (χ0) is 29.9. The molecule has 1 saturated heterocycles. The third kappa shape index (κ3) is 8.91. The highest BCUT2D eigenvalue weighted by molar-refractivity contribution is 5.90. The minimum atomic E-state index is -0.785. The molecule has 42 heavy (non-hydrogen) atoms. The summed E-state index contributed by atoms with van der Waals surface area (Å²) in [4.78, 5) is 56.3. The van der Waals surface area contributed by atoms with Gasteiger partial charge in [0.1, 0.15) is 6.04 Å². The number of nitrogens with two attached hydrogens (primary N) is 1. The van der Waals surface area contributed by atoms with Crippen molar-refractivity contribution in [1.29, 1.82) is 0 Å². The summed E-state index contributed by atoms with van der Waals surface area (Å²) >= 11 is 0. The summed E-state index contributed by atoms with van der Waals surface area (Å²) in [5.74, 6) is -1.73. The van der Waals surface area contributed by atoms with Crippen molar-refractivity contribution in [3.8, 4) is 0 Å². The Morgan fingerprint density at radius 1 is 0.786 bits per heavy atom. The lowest BCUT2D eigenvalue weighted by molar-refractivity contribution is -0.132. The van der Waals surface area contributed by atoms with E-state index in [4.69, 9.17) is 5.73 Å². The Kier molecular flexibility index (Phi) is 11.1. The zero-order valence-corrected chi connectivity index (χ0v) is 24.2. The van der Waals surface area contributed by atoms with Crippen molar-refractivity contribution < 1.29 is 19.2 Å². The van der Waals surface area contributed by atoms with Gasteiger partial charge in [0, 0.05) is 48.6 Å². The second-order valence-electron chi connectivity index (χ2n) is 11.2. The maximum Gasteiger partial charge on any atom is 0.242 e. The average molecular weight is 575 g/mol. The Bertz CT molecular complexity index is 1360. The highest BCUT2D eigenvalue weighted by Gasteiger charge is 2.28. The molecule has 2 aromatic carbocycles. The first-order valence-electron chi connectivity index (χ1n) is 14.8.